The van der Waals surface area contributed by atoms with Crippen molar-refractivity contribution in [2.75, 3.05) is 10.2 Å². The molecule has 1 aromatic carbocycles. The van der Waals surface area contributed by atoms with Crippen LogP contribution in [0, 0.1) is 0 Å². The normalized spacial score (nSPS) is 15.7. The van der Waals surface area contributed by atoms with E-state index in [0.29, 0.717) is 17.4 Å². The van der Waals surface area contributed by atoms with Crippen LogP contribution in [-0.4, -0.2) is 21.9 Å². The summed E-state index contributed by atoms with van der Waals surface area (Å²) in [6, 6.07) is 17.8. The van der Waals surface area contributed by atoms with Gasteiger partial charge in [-0.2, -0.15) is 0 Å². The van der Waals surface area contributed by atoms with Gasteiger partial charge in [0.25, 0.3) is 5.91 Å². The number of rotatable bonds is 3. The van der Waals surface area contributed by atoms with Crippen LogP contribution in [0.25, 0.3) is 0 Å². The summed E-state index contributed by atoms with van der Waals surface area (Å²) in [4.78, 5) is 23.3. The van der Waals surface area contributed by atoms with Crippen LogP contribution in [0.3, 0.4) is 0 Å². The molecule has 5 nitrogen and oxygen atoms in total. The molecule has 0 radical (unpaired) electrons. The molecule has 1 aliphatic rings. The first-order valence-corrected chi connectivity index (χ1v) is 8.28. The Labute approximate surface area is 146 Å². The summed E-state index contributed by atoms with van der Waals surface area (Å²) in [5, 5.41) is 2.82. The van der Waals surface area contributed by atoms with E-state index in [9.17, 15) is 4.79 Å². The quantitative estimate of drug-likeness (QED) is 0.793. The van der Waals surface area contributed by atoms with E-state index in [4.69, 9.17) is 0 Å². The number of benzene rings is 1. The summed E-state index contributed by atoms with van der Waals surface area (Å²) in [5.41, 5.74) is 3.51. The minimum Gasteiger partial charge on any atom is -0.323 e. The second-order valence-electron chi connectivity index (χ2n) is 6.13. The zero-order chi connectivity index (χ0) is 17.2. The van der Waals surface area contributed by atoms with Crippen LogP contribution in [0.2, 0.25) is 0 Å². The highest BCUT2D eigenvalue weighted by molar-refractivity contribution is 6.03. The number of para-hydroxylation sites is 1. The summed E-state index contributed by atoms with van der Waals surface area (Å²) < 4.78 is 0. The maximum atomic E-state index is 12.5. The van der Waals surface area contributed by atoms with Gasteiger partial charge in [0.2, 0.25) is 0 Å². The van der Waals surface area contributed by atoms with Gasteiger partial charge in [0, 0.05) is 17.9 Å². The third-order valence-corrected chi connectivity index (χ3v) is 4.34. The Bertz CT molecular complexity index is 910. The van der Waals surface area contributed by atoms with Crippen molar-refractivity contribution in [3.8, 4) is 0 Å². The SMILES string of the molecule is CC1Cc2ccccc2N1c1cccc(C(=O)Nc2cccnc2)n1. The zero-order valence-electron chi connectivity index (χ0n) is 13.9. The number of nitrogens with zero attached hydrogens (tertiary/aromatic N) is 3. The molecule has 3 aromatic rings. The van der Waals surface area contributed by atoms with E-state index in [1.54, 1.807) is 30.6 Å². The standard InChI is InChI=1S/C20H18N4O/c1-14-12-15-6-2-3-9-18(15)24(14)19-10-4-8-17(23-19)20(25)22-16-7-5-11-21-13-16/h2-11,13-14H,12H2,1H3,(H,22,25). The molecule has 0 saturated carbocycles. The van der Waals surface area contributed by atoms with Crippen LogP contribution in [0.1, 0.15) is 23.0 Å². The van der Waals surface area contributed by atoms with Crippen molar-refractivity contribution < 1.29 is 4.79 Å². The minimum atomic E-state index is -0.241. The molecule has 124 valence electrons. The first-order valence-electron chi connectivity index (χ1n) is 8.28. The van der Waals surface area contributed by atoms with Crippen molar-refractivity contribution in [3.63, 3.8) is 0 Å². The van der Waals surface area contributed by atoms with E-state index in [1.165, 1.54) is 5.56 Å². The van der Waals surface area contributed by atoms with Crippen LogP contribution in [0.4, 0.5) is 17.2 Å². The predicted molar refractivity (Wildman–Crippen MR) is 98.2 cm³/mol. The predicted octanol–water partition coefficient (Wildman–Crippen LogP) is 3.81. The molecule has 1 amide bonds. The van der Waals surface area contributed by atoms with Crippen molar-refractivity contribution in [3.05, 3.63) is 78.2 Å². The summed E-state index contributed by atoms with van der Waals surface area (Å²) >= 11 is 0. The fourth-order valence-electron chi connectivity index (χ4n) is 3.23. The molecular formula is C20H18N4O. The fraction of sp³-hybridized carbons (Fsp3) is 0.150. The van der Waals surface area contributed by atoms with Gasteiger partial charge in [-0.05, 0) is 49.2 Å². The number of pyridine rings is 2. The molecule has 1 N–H and O–H groups in total. The van der Waals surface area contributed by atoms with Gasteiger partial charge in [-0.25, -0.2) is 4.98 Å². The Morgan fingerprint density at radius 2 is 2.00 bits per heavy atom. The molecule has 1 atom stereocenters. The lowest BCUT2D eigenvalue weighted by Crippen LogP contribution is -2.25. The van der Waals surface area contributed by atoms with Crippen LogP contribution < -0.4 is 10.2 Å². The molecule has 0 fully saturated rings. The Morgan fingerprint density at radius 3 is 2.84 bits per heavy atom. The topological polar surface area (TPSA) is 58.1 Å². The number of carbonyl (C=O) groups is 1. The fourth-order valence-corrected chi connectivity index (χ4v) is 3.23. The van der Waals surface area contributed by atoms with Crippen LogP contribution >= 0.6 is 0 Å². The molecule has 0 saturated heterocycles. The Kier molecular flexibility index (Phi) is 3.90. The second kappa shape index (κ2) is 6.36. The largest absolute Gasteiger partial charge is 0.323 e. The van der Waals surface area contributed by atoms with Gasteiger partial charge in [-0.3, -0.25) is 9.78 Å². The number of carbonyl (C=O) groups excluding carboxylic acids is 1. The second-order valence-corrected chi connectivity index (χ2v) is 6.13. The smallest absolute Gasteiger partial charge is 0.274 e. The van der Waals surface area contributed by atoms with Gasteiger partial charge >= 0.3 is 0 Å². The number of anilines is 3. The molecule has 4 rings (SSSR count). The third kappa shape index (κ3) is 2.96. The number of nitrogens with one attached hydrogen (secondary N) is 1. The summed E-state index contributed by atoms with van der Waals surface area (Å²) in [6.07, 6.45) is 4.26. The van der Waals surface area contributed by atoms with Crippen molar-refractivity contribution in [2.45, 2.75) is 19.4 Å². The van der Waals surface area contributed by atoms with Gasteiger partial charge in [0.05, 0.1) is 11.9 Å². The van der Waals surface area contributed by atoms with E-state index in [0.717, 1.165) is 17.9 Å². The average molecular weight is 330 g/mol. The first kappa shape index (κ1) is 15.3. The maximum absolute atomic E-state index is 12.5. The van der Waals surface area contributed by atoms with E-state index in [1.807, 2.05) is 18.2 Å². The lowest BCUT2D eigenvalue weighted by molar-refractivity contribution is 0.102. The van der Waals surface area contributed by atoms with Crippen molar-refractivity contribution >= 4 is 23.1 Å². The number of hydrogen-bond donors (Lipinski definition) is 1. The van der Waals surface area contributed by atoms with Gasteiger partial charge in [-0.1, -0.05) is 24.3 Å². The lowest BCUT2D eigenvalue weighted by Gasteiger charge is -2.24. The van der Waals surface area contributed by atoms with Gasteiger partial charge in [0.15, 0.2) is 0 Å². The van der Waals surface area contributed by atoms with Gasteiger partial charge in [-0.15, -0.1) is 0 Å². The lowest BCUT2D eigenvalue weighted by atomic mass is 10.1. The van der Waals surface area contributed by atoms with Crippen molar-refractivity contribution in [1.82, 2.24) is 9.97 Å². The van der Waals surface area contributed by atoms with E-state index in [-0.39, 0.29) is 5.91 Å². The van der Waals surface area contributed by atoms with Crippen LogP contribution in [0.5, 0.6) is 0 Å². The van der Waals surface area contributed by atoms with E-state index >= 15 is 0 Å². The Morgan fingerprint density at radius 1 is 1.12 bits per heavy atom. The highest BCUT2D eigenvalue weighted by Crippen LogP contribution is 2.37. The molecular weight excluding hydrogens is 312 g/mol. The molecule has 0 aliphatic carbocycles. The molecule has 2 aromatic heterocycles. The number of fused-ring (bicyclic) bond motifs is 1. The highest BCUT2D eigenvalue weighted by Gasteiger charge is 2.28. The zero-order valence-corrected chi connectivity index (χ0v) is 13.9. The third-order valence-electron chi connectivity index (χ3n) is 4.34. The van der Waals surface area contributed by atoms with Gasteiger partial charge < -0.3 is 10.2 Å². The maximum Gasteiger partial charge on any atom is 0.274 e. The highest BCUT2D eigenvalue weighted by atomic mass is 16.1. The molecule has 25 heavy (non-hydrogen) atoms. The average Bonchev–Trinajstić information content (AvgIpc) is 2.98. The molecule has 1 aliphatic heterocycles. The Balaban J connectivity index is 1.63. The van der Waals surface area contributed by atoms with Crippen LogP contribution in [-0.2, 0) is 6.42 Å². The molecule has 0 spiro atoms. The van der Waals surface area contributed by atoms with E-state index in [2.05, 4.69) is 45.3 Å². The van der Waals surface area contributed by atoms with Crippen molar-refractivity contribution in [1.29, 1.82) is 0 Å². The summed E-state index contributed by atoms with van der Waals surface area (Å²) in [6.45, 7) is 2.17. The number of amides is 1. The van der Waals surface area contributed by atoms with E-state index < -0.39 is 0 Å². The molecule has 1 unspecified atom stereocenters. The van der Waals surface area contributed by atoms with Gasteiger partial charge in [0.1, 0.15) is 11.5 Å². The van der Waals surface area contributed by atoms with Crippen LogP contribution in [0.15, 0.2) is 67.0 Å². The monoisotopic (exact) mass is 330 g/mol. The summed E-state index contributed by atoms with van der Waals surface area (Å²) in [5.74, 6) is 0.547. The first-order chi connectivity index (χ1) is 12.2. The van der Waals surface area contributed by atoms with Crippen molar-refractivity contribution in [2.24, 2.45) is 0 Å². The summed E-state index contributed by atoms with van der Waals surface area (Å²) in [7, 11) is 0. The molecule has 0 bridgehead atoms. The molecule has 3 heterocycles. The Hall–Kier alpha value is -3.21. The number of aromatic nitrogens is 2. The minimum absolute atomic E-state index is 0.241. The number of hydrogen-bond acceptors (Lipinski definition) is 4. The molecule has 5 heteroatoms.